The molecule has 5 nitrogen and oxygen atoms in total. The van der Waals surface area contributed by atoms with Crippen molar-refractivity contribution in [2.75, 3.05) is 46.9 Å². The summed E-state index contributed by atoms with van der Waals surface area (Å²) in [5.74, 6) is 2.04. The highest BCUT2D eigenvalue weighted by Gasteiger charge is 2.37. The molecule has 1 aromatic carbocycles. The predicted molar refractivity (Wildman–Crippen MR) is 131 cm³/mol. The monoisotopic (exact) mass is 512 g/mol. The number of aliphatic imine (C=N–C) groups is 1. The minimum Gasteiger partial charge on any atom is -0.497 e. The lowest BCUT2D eigenvalue weighted by molar-refractivity contribution is 0.249. The standard InChI is InChI=1S/C23H36N4O.HI/c1-24-22(27-15-10-20(17-27)26-13-5-6-14-26)25-18-23(11-3-4-12-23)19-8-7-9-21(16-19)28-2;/h7-9,16,20H,3-6,10-15,17-18H2,1-2H3,(H,24,25);1H. The lowest BCUT2D eigenvalue weighted by Gasteiger charge is -2.33. The molecule has 2 heterocycles. The van der Waals surface area contributed by atoms with E-state index in [1.165, 1.54) is 63.6 Å². The molecule has 0 amide bonds. The molecule has 0 bridgehead atoms. The third kappa shape index (κ3) is 5.01. The maximum Gasteiger partial charge on any atom is 0.193 e. The maximum absolute atomic E-state index is 5.49. The van der Waals surface area contributed by atoms with E-state index in [2.05, 4.69) is 38.3 Å². The number of hydrogen-bond acceptors (Lipinski definition) is 3. The molecule has 1 atom stereocenters. The van der Waals surface area contributed by atoms with Crippen molar-refractivity contribution >= 4 is 29.9 Å². The Balaban J connectivity index is 0.00000240. The van der Waals surface area contributed by atoms with Crippen molar-refractivity contribution in [3.63, 3.8) is 0 Å². The third-order valence-electron chi connectivity index (χ3n) is 7.16. The SMILES string of the molecule is CN=C(NCC1(c2cccc(OC)c2)CCCC1)N1CCC(N2CCCC2)C1.I. The molecular weight excluding hydrogens is 475 g/mol. The quantitative estimate of drug-likeness (QED) is 0.370. The van der Waals surface area contributed by atoms with E-state index in [1.54, 1.807) is 7.11 Å². The van der Waals surface area contributed by atoms with Crippen molar-refractivity contribution in [1.29, 1.82) is 0 Å². The van der Waals surface area contributed by atoms with Gasteiger partial charge in [0.15, 0.2) is 5.96 Å². The van der Waals surface area contributed by atoms with Crippen LogP contribution in [-0.2, 0) is 5.41 Å². The van der Waals surface area contributed by atoms with E-state index in [9.17, 15) is 0 Å². The van der Waals surface area contributed by atoms with Gasteiger partial charge in [0.25, 0.3) is 0 Å². The van der Waals surface area contributed by atoms with Crippen LogP contribution in [0.15, 0.2) is 29.3 Å². The Morgan fingerprint density at radius 1 is 1.17 bits per heavy atom. The molecule has 1 unspecified atom stereocenters. The van der Waals surface area contributed by atoms with Crippen molar-refractivity contribution in [2.24, 2.45) is 4.99 Å². The molecule has 1 saturated carbocycles. The summed E-state index contributed by atoms with van der Waals surface area (Å²) >= 11 is 0. The van der Waals surface area contributed by atoms with Gasteiger partial charge < -0.3 is 15.0 Å². The molecule has 4 rings (SSSR count). The Kier molecular flexibility index (Phi) is 8.07. The first kappa shape index (κ1) is 22.7. The summed E-state index contributed by atoms with van der Waals surface area (Å²) in [4.78, 5) is 9.79. The molecule has 0 radical (unpaired) electrons. The van der Waals surface area contributed by atoms with Crippen LogP contribution in [0.5, 0.6) is 5.75 Å². The Hall–Kier alpha value is -1.02. The molecule has 1 N–H and O–H groups in total. The fraction of sp³-hybridized carbons (Fsp3) is 0.696. The van der Waals surface area contributed by atoms with Gasteiger partial charge in [0.05, 0.1) is 7.11 Å². The molecular formula is C23H37IN4O. The number of likely N-dealkylation sites (tertiary alicyclic amines) is 2. The molecule has 3 aliphatic rings. The zero-order chi connectivity index (χ0) is 19.4. The van der Waals surface area contributed by atoms with Crippen LogP contribution in [0.25, 0.3) is 0 Å². The van der Waals surface area contributed by atoms with E-state index >= 15 is 0 Å². The smallest absolute Gasteiger partial charge is 0.193 e. The highest BCUT2D eigenvalue weighted by atomic mass is 127. The minimum absolute atomic E-state index is 0. The second kappa shape index (κ2) is 10.3. The number of methoxy groups -OCH3 is 1. The van der Waals surface area contributed by atoms with Crippen molar-refractivity contribution in [2.45, 2.75) is 56.4 Å². The van der Waals surface area contributed by atoms with Crippen molar-refractivity contribution in [1.82, 2.24) is 15.1 Å². The summed E-state index contributed by atoms with van der Waals surface area (Å²) in [7, 11) is 3.68. The fourth-order valence-electron chi connectivity index (χ4n) is 5.49. The molecule has 1 aromatic rings. The second-order valence-corrected chi connectivity index (χ2v) is 8.75. The van der Waals surface area contributed by atoms with Crippen LogP contribution in [0.1, 0.15) is 50.5 Å². The van der Waals surface area contributed by atoms with E-state index < -0.39 is 0 Å². The predicted octanol–water partition coefficient (Wildman–Crippen LogP) is 3.87. The van der Waals surface area contributed by atoms with Gasteiger partial charge in [-0.25, -0.2) is 0 Å². The van der Waals surface area contributed by atoms with Crippen LogP contribution in [0.2, 0.25) is 0 Å². The molecule has 0 aromatic heterocycles. The average molecular weight is 512 g/mol. The number of halogens is 1. The van der Waals surface area contributed by atoms with E-state index in [-0.39, 0.29) is 29.4 Å². The number of benzene rings is 1. The Morgan fingerprint density at radius 3 is 2.62 bits per heavy atom. The highest BCUT2D eigenvalue weighted by molar-refractivity contribution is 14.0. The fourth-order valence-corrected chi connectivity index (χ4v) is 5.49. The molecule has 2 aliphatic heterocycles. The first-order valence-electron chi connectivity index (χ1n) is 11.1. The Bertz CT molecular complexity index is 683. The highest BCUT2D eigenvalue weighted by Crippen LogP contribution is 2.41. The summed E-state index contributed by atoms with van der Waals surface area (Å²) in [6.45, 7) is 5.75. The number of ether oxygens (including phenoxy) is 1. The van der Waals surface area contributed by atoms with Crippen LogP contribution in [0.3, 0.4) is 0 Å². The number of rotatable bonds is 5. The molecule has 29 heavy (non-hydrogen) atoms. The third-order valence-corrected chi connectivity index (χ3v) is 7.16. The first-order chi connectivity index (χ1) is 13.7. The molecule has 6 heteroatoms. The van der Waals surface area contributed by atoms with Crippen molar-refractivity contribution in [3.8, 4) is 5.75 Å². The zero-order valence-corrected chi connectivity index (χ0v) is 20.4. The first-order valence-corrected chi connectivity index (χ1v) is 11.1. The zero-order valence-electron chi connectivity index (χ0n) is 18.0. The summed E-state index contributed by atoms with van der Waals surface area (Å²) < 4.78 is 5.49. The topological polar surface area (TPSA) is 40.1 Å². The van der Waals surface area contributed by atoms with Crippen molar-refractivity contribution in [3.05, 3.63) is 29.8 Å². The van der Waals surface area contributed by atoms with Crippen LogP contribution >= 0.6 is 24.0 Å². The van der Waals surface area contributed by atoms with Gasteiger partial charge in [-0.05, 0) is 62.9 Å². The number of guanidine groups is 1. The van der Waals surface area contributed by atoms with Gasteiger partial charge in [-0.3, -0.25) is 9.89 Å². The summed E-state index contributed by atoms with van der Waals surface area (Å²) in [5, 5.41) is 3.76. The summed E-state index contributed by atoms with van der Waals surface area (Å²) in [6.07, 6.45) is 9.08. The minimum atomic E-state index is 0. The number of nitrogens with one attached hydrogen (secondary N) is 1. The molecule has 1 aliphatic carbocycles. The van der Waals surface area contributed by atoms with Crippen LogP contribution in [-0.4, -0.2) is 68.7 Å². The van der Waals surface area contributed by atoms with E-state index in [0.29, 0.717) is 6.04 Å². The number of hydrogen-bond donors (Lipinski definition) is 1. The number of nitrogens with zero attached hydrogens (tertiary/aromatic N) is 3. The van der Waals surface area contributed by atoms with Gasteiger partial charge in [0, 0.05) is 38.1 Å². The Morgan fingerprint density at radius 2 is 1.93 bits per heavy atom. The second-order valence-electron chi connectivity index (χ2n) is 8.75. The molecule has 3 fully saturated rings. The maximum atomic E-state index is 5.49. The lowest BCUT2D eigenvalue weighted by Crippen LogP contribution is -2.47. The van der Waals surface area contributed by atoms with Crippen molar-refractivity contribution < 1.29 is 4.74 Å². The van der Waals surface area contributed by atoms with E-state index in [0.717, 1.165) is 31.3 Å². The summed E-state index contributed by atoms with van der Waals surface area (Å²) in [5.41, 5.74) is 1.60. The van der Waals surface area contributed by atoms with Gasteiger partial charge in [0.2, 0.25) is 0 Å². The lowest BCUT2D eigenvalue weighted by atomic mass is 9.78. The van der Waals surface area contributed by atoms with Gasteiger partial charge in [-0.1, -0.05) is 25.0 Å². The van der Waals surface area contributed by atoms with Gasteiger partial charge in [0.1, 0.15) is 5.75 Å². The van der Waals surface area contributed by atoms with Crippen LogP contribution < -0.4 is 10.1 Å². The van der Waals surface area contributed by atoms with E-state index in [1.807, 2.05) is 13.1 Å². The van der Waals surface area contributed by atoms with Gasteiger partial charge >= 0.3 is 0 Å². The normalized spacial score (nSPS) is 24.6. The van der Waals surface area contributed by atoms with Crippen LogP contribution in [0, 0.1) is 0 Å². The van der Waals surface area contributed by atoms with Crippen LogP contribution in [0.4, 0.5) is 0 Å². The molecule has 162 valence electrons. The molecule has 0 spiro atoms. The van der Waals surface area contributed by atoms with Gasteiger partial charge in [-0.2, -0.15) is 0 Å². The average Bonchev–Trinajstić information content (AvgIpc) is 3.49. The largest absolute Gasteiger partial charge is 0.497 e. The molecule has 2 saturated heterocycles. The summed E-state index contributed by atoms with van der Waals surface area (Å²) in [6, 6.07) is 9.39. The Labute approximate surface area is 193 Å². The van der Waals surface area contributed by atoms with E-state index in [4.69, 9.17) is 4.74 Å². The van der Waals surface area contributed by atoms with Gasteiger partial charge in [-0.15, -0.1) is 24.0 Å².